The molecule has 1 saturated heterocycles. The van der Waals surface area contributed by atoms with Crippen LogP contribution in [0.25, 0.3) is 0 Å². The molecule has 3 rings (SSSR count). The molecule has 0 saturated carbocycles. The standard InChI is InChI=1S/C21H30N4S.HI/c1-22-21(23-14-18-10-13-26-17-18)24-15-19-8-4-5-9-20(19)16-25-11-6-2-3-7-12-25;/h4-5,8-10,13,17H,2-3,6-7,11-12,14-16H2,1H3,(H2,22,23,24);1H. The molecule has 0 bridgehead atoms. The van der Waals surface area contributed by atoms with Crippen molar-refractivity contribution >= 4 is 41.3 Å². The van der Waals surface area contributed by atoms with E-state index in [1.807, 2.05) is 7.05 Å². The number of aliphatic imine (C=N–C) groups is 1. The molecule has 1 fully saturated rings. The molecule has 2 N–H and O–H groups in total. The van der Waals surface area contributed by atoms with Crippen molar-refractivity contribution in [2.75, 3.05) is 20.1 Å². The zero-order valence-electron chi connectivity index (χ0n) is 16.1. The van der Waals surface area contributed by atoms with Gasteiger partial charge in [0.1, 0.15) is 0 Å². The maximum atomic E-state index is 4.35. The van der Waals surface area contributed by atoms with Crippen LogP contribution in [0.2, 0.25) is 0 Å². The number of thiophene rings is 1. The second-order valence-electron chi connectivity index (χ2n) is 6.87. The van der Waals surface area contributed by atoms with Crippen molar-refractivity contribution in [2.24, 2.45) is 4.99 Å². The fourth-order valence-corrected chi connectivity index (χ4v) is 4.07. The van der Waals surface area contributed by atoms with E-state index in [4.69, 9.17) is 0 Å². The summed E-state index contributed by atoms with van der Waals surface area (Å²) in [5.41, 5.74) is 4.07. The molecule has 0 aliphatic carbocycles. The molecule has 2 aromatic rings. The number of likely N-dealkylation sites (tertiary alicyclic amines) is 1. The highest BCUT2D eigenvalue weighted by molar-refractivity contribution is 14.0. The van der Waals surface area contributed by atoms with Gasteiger partial charge in [0.25, 0.3) is 0 Å². The van der Waals surface area contributed by atoms with Gasteiger partial charge in [-0.1, -0.05) is 37.1 Å². The summed E-state index contributed by atoms with van der Waals surface area (Å²) >= 11 is 1.72. The first-order valence-electron chi connectivity index (χ1n) is 9.60. The van der Waals surface area contributed by atoms with Crippen LogP contribution < -0.4 is 10.6 Å². The van der Waals surface area contributed by atoms with Crippen LogP contribution in [0.4, 0.5) is 0 Å². The summed E-state index contributed by atoms with van der Waals surface area (Å²) in [6.07, 6.45) is 5.43. The Balaban J connectivity index is 0.00000261. The molecule has 1 aromatic heterocycles. The summed E-state index contributed by atoms with van der Waals surface area (Å²) in [7, 11) is 1.83. The first-order valence-corrected chi connectivity index (χ1v) is 10.5. The minimum absolute atomic E-state index is 0. The van der Waals surface area contributed by atoms with Gasteiger partial charge in [0.15, 0.2) is 5.96 Å². The number of nitrogens with one attached hydrogen (secondary N) is 2. The summed E-state index contributed by atoms with van der Waals surface area (Å²) in [4.78, 5) is 6.95. The van der Waals surface area contributed by atoms with Crippen molar-refractivity contribution < 1.29 is 0 Å². The Labute approximate surface area is 184 Å². The molecule has 1 aliphatic heterocycles. The Morgan fingerprint density at radius 2 is 1.70 bits per heavy atom. The summed E-state index contributed by atoms with van der Waals surface area (Å²) in [6, 6.07) is 10.9. The lowest BCUT2D eigenvalue weighted by Gasteiger charge is -2.22. The molecule has 0 radical (unpaired) electrons. The zero-order valence-corrected chi connectivity index (χ0v) is 19.3. The third-order valence-corrected chi connectivity index (χ3v) is 5.65. The van der Waals surface area contributed by atoms with Gasteiger partial charge >= 0.3 is 0 Å². The van der Waals surface area contributed by atoms with Gasteiger partial charge in [0, 0.05) is 26.7 Å². The van der Waals surface area contributed by atoms with E-state index in [-0.39, 0.29) is 24.0 Å². The lowest BCUT2D eigenvalue weighted by molar-refractivity contribution is 0.276. The van der Waals surface area contributed by atoms with E-state index in [9.17, 15) is 0 Å². The average molecular weight is 498 g/mol. The van der Waals surface area contributed by atoms with E-state index >= 15 is 0 Å². The van der Waals surface area contributed by atoms with Gasteiger partial charge < -0.3 is 10.6 Å². The number of halogens is 1. The molecule has 2 heterocycles. The van der Waals surface area contributed by atoms with Gasteiger partial charge in [-0.25, -0.2) is 0 Å². The third kappa shape index (κ3) is 7.43. The second-order valence-corrected chi connectivity index (χ2v) is 7.65. The molecule has 6 heteroatoms. The molecular formula is C21H31IN4S. The molecular weight excluding hydrogens is 467 g/mol. The predicted molar refractivity (Wildman–Crippen MR) is 127 cm³/mol. The quantitative estimate of drug-likeness (QED) is 0.347. The SMILES string of the molecule is CN=C(NCc1ccsc1)NCc1ccccc1CN1CCCCCC1.I. The van der Waals surface area contributed by atoms with E-state index in [0.717, 1.165) is 25.6 Å². The molecule has 0 amide bonds. The largest absolute Gasteiger partial charge is 0.352 e. The maximum absolute atomic E-state index is 4.35. The molecule has 1 aliphatic rings. The molecule has 4 nitrogen and oxygen atoms in total. The van der Waals surface area contributed by atoms with Crippen molar-refractivity contribution in [3.8, 4) is 0 Å². The fourth-order valence-electron chi connectivity index (χ4n) is 3.40. The van der Waals surface area contributed by atoms with E-state index in [2.05, 4.69) is 61.6 Å². The van der Waals surface area contributed by atoms with Gasteiger partial charge in [-0.2, -0.15) is 11.3 Å². The maximum Gasteiger partial charge on any atom is 0.191 e. The number of hydrogen-bond donors (Lipinski definition) is 2. The summed E-state index contributed by atoms with van der Waals surface area (Å²) < 4.78 is 0. The van der Waals surface area contributed by atoms with E-state index < -0.39 is 0 Å². The van der Waals surface area contributed by atoms with Crippen molar-refractivity contribution in [3.63, 3.8) is 0 Å². The van der Waals surface area contributed by atoms with Crippen molar-refractivity contribution in [1.82, 2.24) is 15.5 Å². The number of nitrogens with zero attached hydrogens (tertiary/aromatic N) is 2. The normalized spacial score (nSPS) is 15.7. The van der Waals surface area contributed by atoms with Crippen LogP contribution in [0.15, 0.2) is 46.1 Å². The molecule has 0 unspecified atom stereocenters. The van der Waals surface area contributed by atoms with E-state index in [1.165, 1.54) is 55.5 Å². The topological polar surface area (TPSA) is 39.7 Å². The lowest BCUT2D eigenvalue weighted by atomic mass is 10.1. The Kier molecular flexibility index (Phi) is 10.2. The average Bonchev–Trinajstić information content (AvgIpc) is 3.06. The lowest BCUT2D eigenvalue weighted by Crippen LogP contribution is -2.36. The van der Waals surface area contributed by atoms with Crippen LogP contribution in [0.1, 0.15) is 42.4 Å². The minimum Gasteiger partial charge on any atom is -0.352 e. The fraction of sp³-hybridized carbons (Fsp3) is 0.476. The van der Waals surface area contributed by atoms with Crippen molar-refractivity contribution in [3.05, 3.63) is 57.8 Å². The first-order chi connectivity index (χ1) is 12.8. The molecule has 0 atom stereocenters. The monoisotopic (exact) mass is 498 g/mol. The second kappa shape index (κ2) is 12.4. The number of rotatable bonds is 6. The van der Waals surface area contributed by atoms with Crippen LogP contribution in [-0.4, -0.2) is 31.0 Å². The first kappa shape index (κ1) is 22.2. The zero-order chi connectivity index (χ0) is 18.0. The number of benzene rings is 1. The minimum atomic E-state index is 0. The van der Waals surface area contributed by atoms with Gasteiger partial charge in [0.05, 0.1) is 0 Å². The Hall–Kier alpha value is -1.12. The number of guanidine groups is 1. The molecule has 0 spiro atoms. The molecule has 1 aromatic carbocycles. The highest BCUT2D eigenvalue weighted by atomic mass is 127. The van der Waals surface area contributed by atoms with Crippen LogP contribution in [0.3, 0.4) is 0 Å². The van der Waals surface area contributed by atoms with Gasteiger partial charge in [-0.05, 0) is 59.4 Å². The highest BCUT2D eigenvalue weighted by Gasteiger charge is 2.11. The van der Waals surface area contributed by atoms with E-state index in [0.29, 0.717) is 0 Å². The smallest absolute Gasteiger partial charge is 0.191 e. The summed E-state index contributed by atoms with van der Waals surface area (Å²) in [5.74, 6) is 0.848. The van der Waals surface area contributed by atoms with Crippen molar-refractivity contribution in [1.29, 1.82) is 0 Å². The Morgan fingerprint density at radius 1 is 1.00 bits per heavy atom. The summed E-state index contributed by atoms with van der Waals surface area (Å²) in [6.45, 7) is 5.11. The summed E-state index contributed by atoms with van der Waals surface area (Å²) in [5, 5.41) is 11.1. The van der Waals surface area contributed by atoms with E-state index in [1.54, 1.807) is 11.3 Å². The third-order valence-electron chi connectivity index (χ3n) is 4.92. The van der Waals surface area contributed by atoms with Gasteiger partial charge in [0.2, 0.25) is 0 Å². The molecule has 148 valence electrons. The van der Waals surface area contributed by atoms with Crippen LogP contribution in [0.5, 0.6) is 0 Å². The Morgan fingerprint density at radius 3 is 2.37 bits per heavy atom. The Bertz CT molecular complexity index is 679. The number of hydrogen-bond acceptors (Lipinski definition) is 3. The van der Waals surface area contributed by atoms with Gasteiger partial charge in [-0.15, -0.1) is 24.0 Å². The van der Waals surface area contributed by atoms with Crippen molar-refractivity contribution in [2.45, 2.75) is 45.3 Å². The van der Waals surface area contributed by atoms with Crippen LogP contribution in [0, 0.1) is 0 Å². The molecule has 27 heavy (non-hydrogen) atoms. The van der Waals surface area contributed by atoms with Crippen LogP contribution >= 0.6 is 35.3 Å². The highest BCUT2D eigenvalue weighted by Crippen LogP contribution is 2.16. The van der Waals surface area contributed by atoms with Crippen LogP contribution in [-0.2, 0) is 19.6 Å². The predicted octanol–water partition coefficient (Wildman–Crippen LogP) is 4.61. The van der Waals surface area contributed by atoms with Gasteiger partial charge in [-0.3, -0.25) is 9.89 Å².